The van der Waals surface area contributed by atoms with Gasteiger partial charge in [0.2, 0.25) is 10.0 Å². The van der Waals surface area contributed by atoms with Gasteiger partial charge in [-0.25, -0.2) is 8.42 Å². The molecular weight excluding hydrogens is 402 g/mol. The number of sulfonamides is 1. The predicted molar refractivity (Wildman–Crippen MR) is 113 cm³/mol. The Morgan fingerprint density at radius 1 is 1.10 bits per heavy atom. The maximum absolute atomic E-state index is 13.1. The molecule has 8 nitrogen and oxygen atoms in total. The summed E-state index contributed by atoms with van der Waals surface area (Å²) < 4.78 is 35.5. The van der Waals surface area contributed by atoms with Gasteiger partial charge >= 0.3 is 0 Å². The topological polar surface area (TPSA) is 93.3 Å². The lowest BCUT2D eigenvalue weighted by Crippen LogP contribution is -2.46. The first kappa shape index (κ1) is 19.0. The van der Waals surface area contributed by atoms with Gasteiger partial charge in [0, 0.05) is 57.3 Å². The molecular formula is C21H21N5O3S. The number of fused-ring (bicyclic) bond motifs is 1. The van der Waals surface area contributed by atoms with Crippen molar-refractivity contribution in [2.45, 2.75) is 4.90 Å². The number of aryl methyl sites for hydroxylation is 1. The van der Waals surface area contributed by atoms with Gasteiger partial charge in [-0.05, 0) is 23.8 Å². The van der Waals surface area contributed by atoms with Crippen LogP contribution >= 0.6 is 0 Å². The minimum absolute atomic E-state index is 0.283. The summed E-state index contributed by atoms with van der Waals surface area (Å²) >= 11 is 0. The Kier molecular flexibility index (Phi) is 4.65. The molecule has 0 amide bonds. The number of nitrogens with zero attached hydrogens (tertiary/aromatic N) is 4. The smallest absolute Gasteiger partial charge is 0.243 e. The van der Waals surface area contributed by atoms with Gasteiger partial charge in [-0.15, -0.1) is 0 Å². The number of hydrogen-bond acceptors (Lipinski definition) is 6. The van der Waals surface area contributed by atoms with E-state index in [1.165, 1.54) is 4.31 Å². The summed E-state index contributed by atoms with van der Waals surface area (Å²) in [5, 5.41) is 7.37. The van der Waals surface area contributed by atoms with Gasteiger partial charge < -0.3 is 9.73 Å². The molecule has 4 heterocycles. The van der Waals surface area contributed by atoms with E-state index in [2.05, 4.69) is 15.4 Å². The van der Waals surface area contributed by atoms with E-state index in [0.717, 1.165) is 16.7 Å². The molecule has 0 unspecified atom stereocenters. The van der Waals surface area contributed by atoms with Crippen molar-refractivity contribution in [2.75, 3.05) is 26.2 Å². The monoisotopic (exact) mass is 423 g/mol. The second kappa shape index (κ2) is 7.35. The summed E-state index contributed by atoms with van der Waals surface area (Å²) in [7, 11) is -1.70. The van der Waals surface area contributed by atoms with Crippen molar-refractivity contribution >= 4 is 21.1 Å². The highest BCUT2D eigenvalue weighted by Crippen LogP contribution is 2.34. The number of pyridine rings is 1. The number of piperazine rings is 1. The van der Waals surface area contributed by atoms with E-state index in [4.69, 9.17) is 4.42 Å². The van der Waals surface area contributed by atoms with Crippen molar-refractivity contribution in [3.05, 3.63) is 55.0 Å². The quantitative estimate of drug-likeness (QED) is 0.542. The first-order valence-electron chi connectivity index (χ1n) is 9.71. The SMILES string of the molecule is Cn1cc(-c2cc3nccc(-c4cccc(S(=O)(=O)N5CCNCC5)c4)c3o2)cn1. The minimum atomic E-state index is -3.54. The van der Waals surface area contributed by atoms with E-state index < -0.39 is 10.0 Å². The molecule has 1 aromatic carbocycles. The highest BCUT2D eigenvalue weighted by molar-refractivity contribution is 7.89. The molecule has 3 aromatic heterocycles. The second-order valence-electron chi connectivity index (χ2n) is 7.27. The Bertz CT molecular complexity index is 1320. The predicted octanol–water partition coefficient (Wildman–Crippen LogP) is 2.49. The number of aromatic nitrogens is 3. The third-order valence-electron chi connectivity index (χ3n) is 5.26. The van der Waals surface area contributed by atoms with Crippen LogP contribution in [0.4, 0.5) is 0 Å². The van der Waals surface area contributed by atoms with E-state index in [1.54, 1.807) is 35.3 Å². The molecule has 9 heteroatoms. The summed E-state index contributed by atoms with van der Waals surface area (Å²) in [4.78, 5) is 4.69. The summed E-state index contributed by atoms with van der Waals surface area (Å²) in [6.07, 6.45) is 5.31. The largest absolute Gasteiger partial charge is 0.454 e. The van der Waals surface area contributed by atoms with Crippen LogP contribution in [0.5, 0.6) is 0 Å². The van der Waals surface area contributed by atoms with Gasteiger partial charge in [0.25, 0.3) is 0 Å². The average Bonchev–Trinajstić information content (AvgIpc) is 3.40. The lowest BCUT2D eigenvalue weighted by molar-refractivity contribution is 0.360. The highest BCUT2D eigenvalue weighted by atomic mass is 32.2. The Hall–Kier alpha value is -3.01. The molecule has 1 N–H and O–H groups in total. The Labute approximate surface area is 174 Å². The van der Waals surface area contributed by atoms with Crippen LogP contribution in [0.25, 0.3) is 33.6 Å². The molecule has 0 atom stereocenters. The fourth-order valence-electron chi connectivity index (χ4n) is 3.71. The summed E-state index contributed by atoms with van der Waals surface area (Å²) in [6, 6.07) is 10.7. The van der Waals surface area contributed by atoms with Crippen LogP contribution < -0.4 is 5.32 Å². The van der Waals surface area contributed by atoms with Crippen LogP contribution in [-0.2, 0) is 17.1 Å². The van der Waals surface area contributed by atoms with Gasteiger partial charge in [0.1, 0.15) is 11.3 Å². The highest BCUT2D eigenvalue weighted by Gasteiger charge is 2.26. The number of rotatable bonds is 4. The molecule has 0 radical (unpaired) electrons. The first-order chi connectivity index (χ1) is 14.5. The lowest BCUT2D eigenvalue weighted by Gasteiger charge is -2.26. The van der Waals surface area contributed by atoms with Crippen molar-refractivity contribution in [1.82, 2.24) is 24.4 Å². The molecule has 0 aliphatic carbocycles. The second-order valence-corrected chi connectivity index (χ2v) is 9.21. The van der Waals surface area contributed by atoms with Crippen LogP contribution in [0.3, 0.4) is 0 Å². The van der Waals surface area contributed by atoms with Crippen LogP contribution in [0.15, 0.2) is 64.3 Å². The van der Waals surface area contributed by atoms with Crippen molar-refractivity contribution in [2.24, 2.45) is 7.05 Å². The number of nitrogens with one attached hydrogen (secondary N) is 1. The maximum Gasteiger partial charge on any atom is 0.243 e. The van der Waals surface area contributed by atoms with Crippen LogP contribution in [0.2, 0.25) is 0 Å². The molecule has 1 fully saturated rings. The van der Waals surface area contributed by atoms with E-state index in [9.17, 15) is 8.42 Å². The van der Waals surface area contributed by atoms with E-state index in [0.29, 0.717) is 43.0 Å². The van der Waals surface area contributed by atoms with Gasteiger partial charge in [-0.1, -0.05) is 12.1 Å². The fraction of sp³-hybridized carbons (Fsp3) is 0.238. The Morgan fingerprint density at radius 2 is 1.93 bits per heavy atom. The van der Waals surface area contributed by atoms with Gasteiger partial charge in [-0.3, -0.25) is 9.67 Å². The van der Waals surface area contributed by atoms with Crippen LogP contribution in [0.1, 0.15) is 0 Å². The zero-order chi connectivity index (χ0) is 20.7. The average molecular weight is 423 g/mol. The normalized spacial score (nSPS) is 15.6. The number of hydrogen-bond donors (Lipinski definition) is 1. The maximum atomic E-state index is 13.1. The van der Waals surface area contributed by atoms with E-state index in [-0.39, 0.29) is 4.90 Å². The molecule has 1 aliphatic heterocycles. The third-order valence-corrected chi connectivity index (χ3v) is 7.15. The van der Waals surface area contributed by atoms with Crippen molar-refractivity contribution in [3.8, 4) is 22.5 Å². The summed E-state index contributed by atoms with van der Waals surface area (Å²) in [6.45, 7) is 2.26. The van der Waals surface area contributed by atoms with Gasteiger partial charge in [0.15, 0.2) is 5.58 Å². The van der Waals surface area contributed by atoms with Crippen molar-refractivity contribution in [3.63, 3.8) is 0 Å². The summed E-state index contributed by atoms with van der Waals surface area (Å²) in [5.74, 6) is 0.669. The fourth-order valence-corrected chi connectivity index (χ4v) is 5.20. The van der Waals surface area contributed by atoms with E-state index >= 15 is 0 Å². The van der Waals surface area contributed by atoms with Crippen molar-refractivity contribution in [1.29, 1.82) is 0 Å². The molecule has 0 spiro atoms. The van der Waals surface area contributed by atoms with Crippen molar-refractivity contribution < 1.29 is 12.8 Å². The zero-order valence-electron chi connectivity index (χ0n) is 16.4. The number of furan rings is 1. The van der Waals surface area contributed by atoms with E-state index in [1.807, 2.05) is 31.4 Å². The summed E-state index contributed by atoms with van der Waals surface area (Å²) in [5.41, 5.74) is 3.75. The molecule has 5 rings (SSSR count). The molecule has 1 aliphatic rings. The van der Waals surface area contributed by atoms with Gasteiger partial charge in [0.05, 0.1) is 16.7 Å². The number of benzene rings is 1. The Morgan fingerprint density at radius 3 is 2.70 bits per heavy atom. The lowest BCUT2D eigenvalue weighted by atomic mass is 10.1. The molecule has 154 valence electrons. The molecule has 0 saturated carbocycles. The minimum Gasteiger partial charge on any atom is -0.454 e. The molecule has 1 saturated heterocycles. The Balaban J connectivity index is 1.57. The molecule has 0 bridgehead atoms. The van der Waals surface area contributed by atoms with Crippen LogP contribution in [0, 0.1) is 0 Å². The molecule has 4 aromatic rings. The molecule has 30 heavy (non-hydrogen) atoms. The van der Waals surface area contributed by atoms with Gasteiger partial charge in [-0.2, -0.15) is 9.40 Å². The third kappa shape index (κ3) is 3.30. The standard InChI is InChI=1S/C21H21N5O3S/c1-25-14-16(13-24-25)20-12-19-21(29-20)18(5-6-23-19)15-3-2-4-17(11-15)30(27,28)26-9-7-22-8-10-26/h2-6,11-14,22H,7-10H2,1H3. The first-order valence-corrected chi connectivity index (χ1v) is 11.2. The van der Waals surface area contributed by atoms with Crippen LogP contribution in [-0.4, -0.2) is 53.7 Å². The zero-order valence-corrected chi connectivity index (χ0v) is 17.3.